The number of halogens is 3. The first-order valence-electron chi connectivity index (χ1n) is 13.5. The molecule has 2 amide bonds. The number of benzene rings is 4. The van der Waals surface area contributed by atoms with Gasteiger partial charge in [-0.25, -0.2) is 8.42 Å². The minimum atomic E-state index is -4.28. The summed E-state index contributed by atoms with van der Waals surface area (Å²) < 4.78 is 34.3. The molecule has 1 N–H and O–H groups in total. The fourth-order valence-corrected chi connectivity index (χ4v) is 6.83. The fourth-order valence-electron chi connectivity index (χ4n) is 4.63. The Bertz CT molecular complexity index is 1700. The number of ether oxygens (including phenoxy) is 1. The van der Waals surface area contributed by atoms with Gasteiger partial charge in [-0.2, -0.15) is 0 Å². The summed E-state index contributed by atoms with van der Waals surface area (Å²) in [7, 11) is -1.38. The highest BCUT2D eigenvalue weighted by atomic mass is 35.5. The van der Waals surface area contributed by atoms with Gasteiger partial charge in [-0.1, -0.05) is 89.4 Å². The minimum Gasteiger partial charge on any atom is -0.495 e. The third-order valence-electron chi connectivity index (χ3n) is 6.94. The van der Waals surface area contributed by atoms with Gasteiger partial charge in [0.1, 0.15) is 18.3 Å². The van der Waals surface area contributed by atoms with Gasteiger partial charge in [0.05, 0.1) is 22.7 Å². The lowest BCUT2D eigenvalue weighted by Gasteiger charge is -2.34. The summed E-state index contributed by atoms with van der Waals surface area (Å²) in [6.07, 6.45) is 0.147. The molecule has 0 aromatic heterocycles. The number of methoxy groups -OCH3 is 1. The molecule has 0 saturated heterocycles. The first kappa shape index (κ1) is 33.1. The molecule has 4 aromatic carbocycles. The van der Waals surface area contributed by atoms with Crippen molar-refractivity contribution < 1.29 is 22.7 Å². The van der Waals surface area contributed by atoms with Gasteiger partial charge in [-0.15, -0.1) is 0 Å². The summed E-state index contributed by atoms with van der Waals surface area (Å²) in [5.41, 5.74) is 1.33. The lowest BCUT2D eigenvalue weighted by atomic mass is 10.0. The Hall–Kier alpha value is -3.76. The van der Waals surface area contributed by atoms with Gasteiger partial charge in [0.25, 0.3) is 10.0 Å². The normalized spacial score (nSPS) is 11.8. The van der Waals surface area contributed by atoms with Crippen LogP contribution >= 0.6 is 34.8 Å². The van der Waals surface area contributed by atoms with Crippen LogP contribution in [-0.2, 0) is 32.6 Å². The van der Waals surface area contributed by atoms with E-state index in [4.69, 9.17) is 39.5 Å². The molecule has 1 atom stereocenters. The molecule has 0 bridgehead atoms. The predicted octanol–water partition coefficient (Wildman–Crippen LogP) is 6.24. The van der Waals surface area contributed by atoms with Crippen LogP contribution in [0.15, 0.2) is 102 Å². The van der Waals surface area contributed by atoms with Crippen molar-refractivity contribution in [3.63, 3.8) is 0 Å². The molecule has 0 fully saturated rings. The molecule has 0 radical (unpaired) electrons. The average molecular weight is 675 g/mol. The number of likely N-dealkylation sites (N-methyl/N-ethyl adjacent to an activating group) is 1. The second-order valence-electron chi connectivity index (χ2n) is 9.69. The maximum atomic E-state index is 14.4. The quantitative estimate of drug-likeness (QED) is 0.192. The van der Waals surface area contributed by atoms with Crippen LogP contribution in [0.5, 0.6) is 5.75 Å². The van der Waals surface area contributed by atoms with E-state index in [1.165, 1.54) is 49.4 Å². The van der Waals surface area contributed by atoms with E-state index in [1.54, 1.807) is 36.4 Å². The van der Waals surface area contributed by atoms with E-state index < -0.39 is 34.4 Å². The van der Waals surface area contributed by atoms with Gasteiger partial charge < -0.3 is 15.0 Å². The van der Waals surface area contributed by atoms with E-state index in [-0.39, 0.29) is 28.6 Å². The molecule has 44 heavy (non-hydrogen) atoms. The fraction of sp³-hybridized carbons (Fsp3) is 0.188. The average Bonchev–Trinajstić information content (AvgIpc) is 3.03. The van der Waals surface area contributed by atoms with Gasteiger partial charge in [-0.05, 0) is 48.0 Å². The molecule has 0 saturated carbocycles. The Morgan fingerprint density at radius 1 is 0.841 bits per heavy atom. The largest absolute Gasteiger partial charge is 0.495 e. The van der Waals surface area contributed by atoms with E-state index in [0.717, 1.165) is 9.87 Å². The highest BCUT2D eigenvalue weighted by Crippen LogP contribution is 2.33. The first-order chi connectivity index (χ1) is 21.1. The van der Waals surface area contributed by atoms with Crippen LogP contribution in [0, 0.1) is 0 Å². The minimum absolute atomic E-state index is 0.0347. The summed E-state index contributed by atoms with van der Waals surface area (Å²) >= 11 is 19.4. The van der Waals surface area contributed by atoms with Gasteiger partial charge >= 0.3 is 0 Å². The lowest BCUT2D eigenvalue weighted by Crippen LogP contribution is -2.53. The number of nitrogens with one attached hydrogen (secondary N) is 1. The summed E-state index contributed by atoms with van der Waals surface area (Å²) in [6, 6.07) is 25.2. The number of nitrogens with zero attached hydrogens (tertiary/aromatic N) is 2. The zero-order valence-electron chi connectivity index (χ0n) is 23.9. The van der Waals surface area contributed by atoms with Crippen molar-refractivity contribution in [3.05, 3.63) is 123 Å². The van der Waals surface area contributed by atoms with Crippen molar-refractivity contribution >= 4 is 62.3 Å². The molecule has 0 aliphatic rings. The number of hydrogen-bond acceptors (Lipinski definition) is 5. The number of rotatable bonds is 12. The van der Waals surface area contributed by atoms with Crippen LogP contribution < -0.4 is 14.4 Å². The van der Waals surface area contributed by atoms with E-state index in [1.807, 2.05) is 30.3 Å². The van der Waals surface area contributed by atoms with Gasteiger partial charge in [0.15, 0.2) is 0 Å². The lowest BCUT2D eigenvalue weighted by molar-refractivity contribution is -0.139. The van der Waals surface area contributed by atoms with Crippen LogP contribution in [0.25, 0.3) is 0 Å². The van der Waals surface area contributed by atoms with Gasteiger partial charge in [-0.3, -0.25) is 13.9 Å². The van der Waals surface area contributed by atoms with Crippen LogP contribution in [-0.4, -0.2) is 51.9 Å². The molecule has 1 unspecified atom stereocenters. The number of amides is 2. The summed E-state index contributed by atoms with van der Waals surface area (Å²) in [4.78, 5) is 29.0. The van der Waals surface area contributed by atoms with E-state index in [9.17, 15) is 18.0 Å². The SMILES string of the molecule is CNC(=O)C(Cc1ccccc1)N(Cc1c(Cl)cccc1Cl)C(=O)CN(c1ccc(OC)c(Cl)c1)S(=O)(=O)c1ccccc1. The highest BCUT2D eigenvalue weighted by Gasteiger charge is 2.35. The molecular formula is C32H30Cl3N3O5S. The monoisotopic (exact) mass is 673 g/mol. The van der Waals surface area contributed by atoms with Crippen LogP contribution in [0.1, 0.15) is 11.1 Å². The van der Waals surface area contributed by atoms with Crippen molar-refractivity contribution in [2.24, 2.45) is 0 Å². The molecule has 0 aliphatic carbocycles. The molecular weight excluding hydrogens is 645 g/mol. The number of anilines is 1. The Kier molecular flexibility index (Phi) is 11.2. The van der Waals surface area contributed by atoms with Crippen LogP contribution in [0.3, 0.4) is 0 Å². The first-order valence-corrected chi connectivity index (χ1v) is 16.0. The molecule has 0 spiro atoms. The van der Waals surface area contributed by atoms with Crippen molar-refractivity contribution in [3.8, 4) is 5.75 Å². The summed E-state index contributed by atoms with van der Waals surface area (Å²) in [5.74, 6) is -0.788. The molecule has 0 aliphatic heterocycles. The Labute approximate surface area is 272 Å². The molecule has 0 heterocycles. The highest BCUT2D eigenvalue weighted by molar-refractivity contribution is 7.92. The van der Waals surface area contributed by atoms with Gasteiger partial charge in [0, 0.05) is 35.6 Å². The number of carbonyl (C=O) groups excluding carboxylic acids is 2. The smallest absolute Gasteiger partial charge is 0.264 e. The van der Waals surface area contributed by atoms with Crippen molar-refractivity contribution in [2.45, 2.75) is 23.9 Å². The molecule has 12 heteroatoms. The number of hydrogen-bond donors (Lipinski definition) is 1. The molecule has 4 aromatic rings. The van der Waals surface area contributed by atoms with E-state index >= 15 is 0 Å². The number of carbonyl (C=O) groups is 2. The maximum absolute atomic E-state index is 14.4. The Balaban J connectivity index is 1.83. The number of sulfonamides is 1. The van der Waals surface area contributed by atoms with Gasteiger partial charge in [0.2, 0.25) is 11.8 Å². The second kappa shape index (κ2) is 14.8. The zero-order chi connectivity index (χ0) is 31.9. The van der Waals surface area contributed by atoms with Crippen LogP contribution in [0.2, 0.25) is 15.1 Å². The summed E-state index contributed by atoms with van der Waals surface area (Å²) in [6.45, 7) is -0.824. The topological polar surface area (TPSA) is 96.0 Å². The van der Waals surface area contributed by atoms with Crippen molar-refractivity contribution in [1.82, 2.24) is 10.2 Å². The molecule has 4 rings (SSSR count). The van der Waals surface area contributed by atoms with Crippen molar-refractivity contribution in [1.29, 1.82) is 0 Å². The standard InChI is InChI=1S/C32H30Cl3N3O5S/c1-36-32(40)29(18-22-10-5-3-6-11-22)37(20-25-26(33)14-9-15-27(25)34)31(39)21-38(23-16-17-30(43-2)28(35)19-23)44(41,42)24-12-7-4-8-13-24/h3-17,19,29H,18,20-21H2,1-2H3,(H,36,40). The Morgan fingerprint density at radius 3 is 2.02 bits per heavy atom. The zero-order valence-corrected chi connectivity index (χ0v) is 27.0. The van der Waals surface area contributed by atoms with E-state index in [0.29, 0.717) is 21.4 Å². The predicted molar refractivity (Wildman–Crippen MR) is 174 cm³/mol. The van der Waals surface area contributed by atoms with E-state index in [2.05, 4.69) is 5.32 Å². The third-order valence-corrected chi connectivity index (χ3v) is 9.73. The third kappa shape index (κ3) is 7.65. The van der Waals surface area contributed by atoms with Crippen LogP contribution in [0.4, 0.5) is 5.69 Å². The van der Waals surface area contributed by atoms with Crippen molar-refractivity contribution in [2.75, 3.05) is 25.0 Å². The molecule has 230 valence electrons. The second-order valence-corrected chi connectivity index (χ2v) is 12.8. The Morgan fingerprint density at radius 2 is 1.45 bits per heavy atom. The summed E-state index contributed by atoms with van der Waals surface area (Å²) in [5, 5.41) is 3.37. The maximum Gasteiger partial charge on any atom is 0.264 e. The molecule has 8 nitrogen and oxygen atoms in total.